The second-order valence-electron chi connectivity index (χ2n) is 5.67. The van der Waals surface area contributed by atoms with Gasteiger partial charge in [0.1, 0.15) is 23.8 Å². The topological polar surface area (TPSA) is 80.6 Å². The molecule has 0 aliphatic rings. The first-order chi connectivity index (χ1) is 13.4. The van der Waals surface area contributed by atoms with Crippen LogP contribution in [0.5, 0.6) is 0 Å². The maximum Gasteiger partial charge on any atom is 0.411 e. The first-order valence-corrected chi connectivity index (χ1v) is 9.51. The number of hydrogen-bond acceptors (Lipinski definition) is 4. The highest BCUT2D eigenvalue weighted by molar-refractivity contribution is 9.10. The Morgan fingerprint density at radius 1 is 1.25 bits per heavy atom. The molecule has 0 aliphatic heterocycles. The van der Waals surface area contributed by atoms with Crippen LogP contribution in [0.25, 0.3) is 22.3 Å². The third kappa shape index (κ3) is 4.13. The van der Waals surface area contributed by atoms with Gasteiger partial charge in [-0.15, -0.1) is 11.6 Å². The van der Waals surface area contributed by atoms with Crippen molar-refractivity contribution in [3.8, 4) is 11.3 Å². The maximum atomic E-state index is 13.3. The number of ether oxygens (including phenoxy) is 1. The zero-order valence-electron chi connectivity index (χ0n) is 14.6. The summed E-state index contributed by atoms with van der Waals surface area (Å²) in [5, 5.41) is 5.69. The van der Waals surface area contributed by atoms with Gasteiger partial charge in [-0.25, -0.2) is 9.18 Å². The monoisotopic (exact) mass is 468 g/mol. The summed E-state index contributed by atoms with van der Waals surface area (Å²) in [6.45, 7) is 0.0730. The highest BCUT2D eigenvalue weighted by atomic mass is 79.9. The van der Waals surface area contributed by atoms with Gasteiger partial charge < -0.3 is 14.5 Å². The molecule has 3 rings (SSSR count). The minimum atomic E-state index is -0.669. The minimum absolute atomic E-state index is 0.0730. The molecule has 6 nitrogen and oxygen atoms in total. The van der Waals surface area contributed by atoms with E-state index in [-0.39, 0.29) is 18.4 Å². The Balaban J connectivity index is 2.10. The molecule has 1 aromatic heterocycles. The second-order valence-corrected chi connectivity index (χ2v) is 6.90. The molecule has 0 aliphatic carbocycles. The van der Waals surface area contributed by atoms with Crippen molar-refractivity contribution >= 4 is 56.2 Å². The van der Waals surface area contributed by atoms with Crippen LogP contribution in [-0.2, 0) is 4.74 Å². The number of hydrogen-bond donors (Lipinski definition) is 2. The van der Waals surface area contributed by atoms with E-state index in [9.17, 15) is 14.0 Å². The summed E-state index contributed by atoms with van der Waals surface area (Å²) in [4.78, 5) is 24.3. The van der Waals surface area contributed by atoms with Gasteiger partial charge in [0.05, 0.1) is 17.1 Å². The van der Waals surface area contributed by atoms with Crippen LogP contribution in [0.3, 0.4) is 0 Å². The molecule has 0 spiro atoms. The molecule has 28 heavy (non-hydrogen) atoms. The summed E-state index contributed by atoms with van der Waals surface area (Å²) in [7, 11) is 1.51. The molecule has 2 N–H and O–H groups in total. The standard InChI is InChI=1S/C19H15BrClFN2O4/c1-23-18(25)16-12-8-13(20)14(24-19(26)27-7-6-21)9-15(12)28-17(16)10-2-4-11(22)5-3-10/h2-5,8-9H,6-7H2,1H3,(H,23,25)(H,24,26). The van der Waals surface area contributed by atoms with E-state index in [1.165, 1.54) is 31.3 Å². The molecule has 146 valence electrons. The predicted molar refractivity (Wildman–Crippen MR) is 108 cm³/mol. The highest BCUT2D eigenvalue weighted by Crippen LogP contribution is 2.38. The third-order valence-corrected chi connectivity index (χ3v) is 4.70. The van der Waals surface area contributed by atoms with Gasteiger partial charge in [0, 0.05) is 28.5 Å². The summed E-state index contributed by atoms with van der Waals surface area (Å²) in [5.74, 6) is -0.274. The molecule has 0 fully saturated rings. The van der Waals surface area contributed by atoms with Crippen LogP contribution in [0.4, 0.5) is 14.9 Å². The van der Waals surface area contributed by atoms with Gasteiger partial charge in [-0.05, 0) is 46.3 Å². The Bertz CT molecular complexity index is 1040. The SMILES string of the molecule is CNC(=O)c1c(-c2ccc(F)cc2)oc2cc(NC(=O)OCCCl)c(Br)cc12. The molecule has 3 aromatic rings. The zero-order chi connectivity index (χ0) is 20.3. The Hall–Kier alpha value is -2.58. The molecule has 0 radical (unpaired) electrons. The molecule has 0 saturated heterocycles. The van der Waals surface area contributed by atoms with Gasteiger partial charge in [-0.3, -0.25) is 10.1 Å². The molecule has 1 heterocycles. The van der Waals surface area contributed by atoms with Crippen molar-refractivity contribution in [1.29, 1.82) is 0 Å². The lowest BCUT2D eigenvalue weighted by Gasteiger charge is -2.08. The van der Waals surface area contributed by atoms with Gasteiger partial charge in [0.2, 0.25) is 0 Å². The minimum Gasteiger partial charge on any atom is -0.455 e. The number of amides is 2. The van der Waals surface area contributed by atoms with Crippen LogP contribution in [0.2, 0.25) is 0 Å². The van der Waals surface area contributed by atoms with Gasteiger partial charge in [-0.2, -0.15) is 0 Å². The molecule has 0 saturated carbocycles. The summed E-state index contributed by atoms with van der Waals surface area (Å²) in [5.41, 5.74) is 1.62. The van der Waals surface area contributed by atoms with Crippen molar-refractivity contribution in [2.24, 2.45) is 0 Å². The fourth-order valence-corrected chi connectivity index (χ4v) is 3.16. The van der Waals surface area contributed by atoms with Crippen LogP contribution in [0.1, 0.15) is 10.4 Å². The quantitative estimate of drug-likeness (QED) is 0.507. The van der Waals surface area contributed by atoms with Gasteiger partial charge in [-0.1, -0.05) is 0 Å². The zero-order valence-corrected chi connectivity index (χ0v) is 17.0. The van der Waals surface area contributed by atoms with Crippen molar-refractivity contribution in [1.82, 2.24) is 5.32 Å². The van der Waals surface area contributed by atoms with Crippen molar-refractivity contribution in [3.05, 3.63) is 52.3 Å². The van der Waals surface area contributed by atoms with E-state index in [2.05, 4.69) is 26.6 Å². The van der Waals surface area contributed by atoms with E-state index >= 15 is 0 Å². The van der Waals surface area contributed by atoms with Crippen LogP contribution < -0.4 is 10.6 Å². The smallest absolute Gasteiger partial charge is 0.411 e. The Labute approximate surface area is 173 Å². The Morgan fingerprint density at radius 3 is 2.61 bits per heavy atom. The number of nitrogens with one attached hydrogen (secondary N) is 2. The number of carbonyl (C=O) groups is 2. The van der Waals surface area contributed by atoms with E-state index in [1.807, 2.05) is 0 Å². The molecule has 2 aromatic carbocycles. The number of carbonyl (C=O) groups excluding carboxylic acids is 2. The number of fused-ring (bicyclic) bond motifs is 1. The molecule has 2 amide bonds. The largest absolute Gasteiger partial charge is 0.455 e. The number of halogens is 3. The van der Waals surface area contributed by atoms with Gasteiger partial charge in [0.15, 0.2) is 0 Å². The number of rotatable bonds is 5. The number of anilines is 1. The summed E-state index contributed by atoms with van der Waals surface area (Å²) >= 11 is 8.87. The molecular weight excluding hydrogens is 455 g/mol. The van der Waals surface area contributed by atoms with E-state index < -0.39 is 11.9 Å². The van der Waals surface area contributed by atoms with Gasteiger partial charge in [0.25, 0.3) is 5.91 Å². The highest BCUT2D eigenvalue weighted by Gasteiger charge is 2.23. The summed E-state index contributed by atoms with van der Waals surface area (Å²) < 4.78 is 24.6. The molecular formula is C19H15BrClFN2O4. The van der Waals surface area contributed by atoms with Gasteiger partial charge >= 0.3 is 6.09 Å². The number of benzene rings is 2. The molecule has 9 heteroatoms. The number of alkyl halides is 1. The number of furan rings is 1. The molecule has 0 unspecified atom stereocenters. The summed E-state index contributed by atoms with van der Waals surface area (Å²) in [6.07, 6.45) is -0.669. The predicted octanol–water partition coefficient (Wildman–Crippen LogP) is 5.15. The lowest BCUT2D eigenvalue weighted by molar-refractivity contribution is 0.0964. The van der Waals surface area contributed by atoms with Crippen molar-refractivity contribution in [2.45, 2.75) is 0 Å². The van der Waals surface area contributed by atoms with Crippen LogP contribution in [-0.4, -0.2) is 31.5 Å². The van der Waals surface area contributed by atoms with Crippen LogP contribution in [0.15, 0.2) is 45.3 Å². The lowest BCUT2D eigenvalue weighted by atomic mass is 10.0. The Kier molecular flexibility index (Phi) is 6.21. The van der Waals surface area contributed by atoms with Crippen LogP contribution in [0, 0.1) is 5.82 Å². The average molecular weight is 470 g/mol. The molecule has 0 atom stereocenters. The van der Waals surface area contributed by atoms with E-state index in [0.717, 1.165) is 0 Å². The fraction of sp³-hybridized carbons (Fsp3) is 0.158. The Morgan fingerprint density at radius 2 is 1.96 bits per heavy atom. The normalized spacial score (nSPS) is 10.7. The van der Waals surface area contributed by atoms with Crippen LogP contribution >= 0.6 is 27.5 Å². The van der Waals surface area contributed by atoms with E-state index in [4.69, 9.17) is 20.8 Å². The second kappa shape index (κ2) is 8.62. The van der Waals surface area contributed by atoms with Crippen molar-refractivity contribution in [3.63, 3.8) is 0 Å². The van der Waals surface area contributed by atoms with E-state index in [1.54, 1.807) is 12.1 Å². The fourth-order valence-electron chi connectivity index (χ4n) is 2.64. The molecule has 0 bridgehead atoms. The van der Waals surface area contributed by atoms with Crippen molar-refractivity contribution in [2.75, 3.05) is 24.9 Å². The van der Waals surface area contributed by atoms with E-state index in [0.29, 0.717) is 38.0 Å². The lowest BCUT2D eigenvalue weighted by Crippen LogP contribution is -2.18. The summed E-state index contributed by atoms with van der Waals surface area (Å²) in [6, 6.07) is 8.85. The first-order valence-electron chi connectivity index (χ1n) is 8.18. The average Bonchev–Trinajstić information content (AvgIpc) is 3.04. The third-order valence-electron chi connectivity index (χ3n) is 3.89. The maximum absolute atomic E-state index is 13.3. The first kappa shape index (κ1) is 20.2. The van der Waals surface area contributed by atoms with Crippen molar-refractivity contribution < 1.29 is 23.1 Å².